The van der Waals surface area contributed by atoms with Crippen molar-refractivity contribution in [3.05, 3.63) is 22.5 Å². The number of aromatic nitrogens is 3. The van der Waals surface area contributed by atoms with Gasteiger partial charge in [0, 0.05) is 26.0 Å². The van der Waals surface area contributed by atoms with Gasteiger partial charge in [0.2, 0.25) is 0 Å². The van der Waals surface area contributed by atoms with E-state index in [1.165, 1.54) is 6.20 Å². The summed E-state index contributed by atoms with van der Waals surface area (Å²) in [4.78, 5) is 16.8. The second-order valence-electron chi connectivity index (χ2n) is 5.14. The summed E-state index contributed by atoms with van der Waals surface area (Å²) in [5.41, 5.74) is 1.74. The molecule has 2 heterocycles. The second-order valence-corrected chi connectivity index (χ2v) is 5.51. The van der Waals surface area contributed by atoms with Crippen LogP contribution in [0.4, 0.5) is 0 Å². The minimum atomic E-state index is -0.482. The first kappa shape index (κ1) is 18.6. The summed E-state index contributed by atoms with van der Waals surface area (Å²) in [5, 5.41) is 8.23. The molecule has 24 heavy (non-hydrogen) atoms. The second kappa shape index (κ2) is 8.41. The summed E-state index contributed by atoms with van der Waals surface area (Å²) < 4.78 is 12.6. The van der Waals surface area contributed by atoms with Crippen LogP contribution in [-0.4, -0.2) is 46.7 Å². The maximum Gasteiger partial charge on any atom is 0.254 e. The Kier molecular flexibility index (Phi) is 6.53. The van der Waals surface area contributed by atoms with Gasteiger partial charge in [-0.25, -0.2) is 9.67 Å². The van der Waals surface area contributed by atoms with Crippen LogP contribution in [-0.2, 0) is 16.0 Å². The van der Waals surface area contributed by atoms with Gasteiger partial charge in [0.1, 0.15) is 0 Å². The molecule has 8 heteroatoms. The highest BCUT2D eigenvalue weighted by Gasteiger charge is 2.19. The molecule has 0 aromatic carbocycles. The summed E-state index contributed by atoms with van der Waals surface area (Å²) >= 11 is 6.43. The lowest BCUT2D eigenvalue weighted by Crippen LogP contribution is -2.35. The predicted molar refractivity (Wildman–Crippen MR) is 92.3 cm³/mol. The van der Waals surface area contributed by atoms with Crippen molar-refractivity contribution in [1.82, 2.24) is 20.1 Å². The van der Waals surface area contributed by atoms with E-state index in [-0.39, 0.29) is 12.5 Å². The highest BCUT2D eigenvalue weighted by Crippen LogP contribution is 2.28. The number of pyridine rings is 1. The van der Waals surface area contributed by atoms with E-state index in [9.17, 15) is 4.79 Å². The fraction of sp³-hybridized carbons (Fsp3) is 0.562. The van der Waals surface area contributed by atoms with Gasteiger partial charge in [-0.3, -0.25) is 4.79 Å². The van der Waals surface area contributed by atoms with Crippen LogP contribution in [0.2, 0.25) is 5.02 Å². The monoisotopic (exact) mass is 354 g/mol. The maximum absolute atomic E-state index is 12.4. The lowest BCUT2D eigenvalue weighted by molar-refractivity contribution is -0.131. The molecular formula is C16H23ClN4O3. The Morgan fingerprint density at radius 2 is 2.00 bits per heavy atom. The molecule has 7 nitrogen and oxygen atoms in total. The minimum absolute atomic E-state index is 0.238. The third kappa shape index (κ3) is 3.85. The SMILES string of the molecule is CCOC(CNC(=O)c1cnc2c(c(C)nn2CC)c1Cl)OCC. The normalized spacial score (nSPS) is 11.4. The van der Waals surface area contributed by atoms with Crippen molar-refractivity contribution in [1.29, 1.82) is 0 Å². The number of halogens is 1. The van der Waals surface area contributed by atoms with Crippen molar-refractivity contribution in [2.24, 2.45) is 0 Å². The average Bonchev–Trinajstić information content (AvgIpc) is 2.90. The highest BCUT2D eigenvalue weighted by atomic mass is 35.5. The Bertz CT molecular complexity index is 711. The fourth-order valence-corrected chi connectivity index (χ4v) is 2.82. The van der Waals surface area contributed by atoms with Gasteiger partial charge in [0.05, 0.1) is 28.2 Å². The van der Waals surface area contributed by atoms with E-state index in [0.717, 1.165) is 5.69 Å². The standard InChI is InChI=1S/C16H23ClN4O3/c1-5-21-15-13(10(4)20-21)14(17)11(8-18-15)16(22)19-9-12(23-6-2)24-7-3/h8,12H,5-7,9H2,1-4H3,(H,19,22). The van der Waals surface area contributed by atoms with Gasteiger partial charge < -0.3 is 14.8 Å². The predicted octanol–water partition coefficient (Wildman–Crippen LogP) is 2.54. The van der Waals surface area contributed by atoms with Crippen molar-refractivity contribution in [3.63, 3.8) is 0 Å². The molecule has 0 saturated heterocycles. The molecule has 0 spiro atoms. The van der Waals surface area contributed by atoms with Gasteiger partial charge in [-0.2, -0.15) is 5.10 Å². The van der Waals surface area contributed by atoms with Crippen LogP contribution in [0.15, 0.2) is 6.20 Å². The van der Waals surface area contributed by atoms with Crippen LogP contribution in [0.3, 0.4) is 0 Å². The molecule has 0 fully saturated rings. The fourth-order valence-electron chi connectivity index (χ4n) is 2.46. The number of nitrogens with zero attached hydrogens (tertiary/aromatic N) is 3. The number of ether oxygens (including phenoxy) is 2. The molecule has 0 aliphatic heterocycles. The molecule has 2 aromatic heterocycles. The Morgan fingerprint density at radius 1 is 1.33 bits per heavy atom. The van der Waals surface area contributed by atoms with Crippen LogP contribution in [0.1, 0.15) is 36.8 Å². The van der Waals surface area contributed by atoms with E-state index in [4.69, 9.17) is 21.1 Å². The molecule has 0 radical (unpaired) electrons. The molecule has 0 aliphatic rings. The lowest BCUT2D eigenvalue weighted by Gasteiger charge is -2.17. The molecular weight excluding hydrogens is 332 g/mol. The van der Waals surface area contributed by atoms with Gasteiger partial charge >= 0.3 is 0 Å². The van der Waals surface area contributed by atoms with Crippen LogP contribution < -0.4 is 5.32 Å². The van der Waals surface area contributed by atoms with E-state index >= 15 is 0 Å². The van der Waals surface area contributed by atoms with Crippen LogP contribution in [0.5, 0.6) is 0 Å². The minimum Gasteiger partial charge on any atom is -0.351 e. The number of aryl methyl sites for hydroxylation is 2. The zero-order chi connectivity index (χ0) is 17.7. The van der Waals surface area contributed by atoms with E-state index in [2.05, 4.69) is 15.4 Å². The number of hydrogen-bond acceptors (Lipinski definition) is 5. The van der Waals surface area contributed by atoms with Gasteiger partial charge in [0.25, 0.3) is 5.91 Å². The topological polar surface area (TPSA) is 78.3 Å². The molecule has 132 valence electrons. The summed E-state index contributed by atoms with van der Waals surface area (Å²) in [6, 6.07) is 0. The van der Waals surface area contributed by atoms with Crippen molar-refractivity contribution in [2.45, 2.75) is 40.5 Å². The summed E-state index contributed by atoms with van der Waals surface area (Å²) in [6.07, 6.45) is 0.993. The average molecular weight is 355 g/mol. The third-order valence-corrected chi connectivity index (χ3v) is 3.94. The summed E-state index contributed by atoms with van der Waals surface area (Å²) in [7, 11) is 0. The van der Waals surface area contributed by atoms with Crippen molar-refractivity contribution < 1.29 is 14.3 Å². The molecule has 2 rings (SSSR count). The molecule has 2 aromatic rings. The molecule has 0 atom stereocenters. The first-order chi connectivity index (χ1) is 11.5. The smallest absolute Gasteiger partial charge is 0.254 e. The zero-order valence-electron chi connectivity index (χ0n) is 14.4. The molecule has 0 aliphatic carbocycles. The van der Waals surface area contributed by atoms with E-state index in [1.54, 1.807) is 4.68 Å². The van der Waals surface area contributed by atoms with Crippen molar-refractivity contribution in [2.75, 3.05) is 19.8 Å². The molecule has 0 bridgehead atoms. The van der Waals surface area contributed by atoms with Crippen LogP contribution in [0, 0.1) is 6.92 Å². The van der Waals surface area contributed by atoms with Crippen molar-refractivity contribution in [3.8, 4) is 0 Å². The van der Waals surface area contributed by atoms with E-state index in [0.29, 0.717) is 41.4 Å². The largest absolute Gasteiger partial charge is 0.351 e. The lowest BCUT2D eigenvalue weighted by atomic mass is 10.2. The number of carbonyl (C=O) groups excluding carboxylic acids is 1. The van der Waals surface area contributed by atoms with Gasteiger partial charge in [-0.1, -0.05) is 11.6 Å². The number of amides is 1. The van der Waals surface area contributed by atoms with Crippen LogP contribution >= 0.6 is 11.6 Å². The van der Waals surface area contributed by atoms with E-state index in [1.807, 2.05) is 27.7 Å². The third-order valence-electron chi connectivity index (χ3n) is 3.55. The molecule has 0 saturated carbocycles. The van der Waals surface area contributed by atoms with Gasteiger partial charge in [0.15, 0.2) is 11.9 Å². The Morgan fingerprint density at radius 3 is 2.58 bits per heavy atom. The molecule has 0 unspecified atom stereocenters. The summed E-state index contributed by atoms with van der Waals surface area (Å²) in [5.74, 6) is -0.317. The Balaban J connectivity index is 2.20. The van der Waals surface area contributed by atoms with Gasteiger partial charge in [-0.05, 0) is 27.7 Å². The molecule has 1 N–H and O–H groups in total. The zero-order valence-corrected chi connectivity index (χ0v) is 15.2. The maximum atomic E-state index is 12.4. The number of fused-ring (bicyclic) bond motifs is 1. The van der Waals surface area contributed by atoms with E-state index < -0.39 is 6.29 Å². The quantitative estimate of drug-likeness (QED) is 0.737. The Labute approximate surface area is 146 Å². The number of nitrogens with one attached hydrogen (secondary N) is 1. The highest BCUT2D eigenvalue weighted by molar-refractivity contribution is 6.38. The molecule has 1 amide bonds. The number of carbonyl (C=O) groups is 1. The van der Waals surface area contributed by atoms with Gasteiger partial charge in [-0.15, -0.1) is 0 Å². The Hall–Kier alpha value is -1.70. The first-order valence-electron chi connectivity index (χ1n) is 8.06. The summed E-state index contributed by atoms with van der Waals surface area (Å²) in [6.45, 7) is 9.50. The van der Waals surface area contributed by atoms with Crippen molar-refractivity contribution >= 4 is 28.5 Å². The number of rotatable bonds is 8. The van der Waals surface area contributed by atoms with Crippen LogP contribution in [0.25, 0.3) is 11.0 Å². The number of hydrogen-bond donors (Lipinski definition) is 1. The first-order valence-corrected chi connectivity index (χ1v) is 8.44.